The molecule has 1 radical (unpaired) electrons. The van der Waals surface area contributed by atoms with Crippen LogP contribution in [0.3, 0.4) is 0 Å². The van der Waals surface area contributed by atoms with Crippen molar-refractivity contribution >= 4 is 34.8 Å². The van der Waals surface area contributed by atoms with Crippen LogP contribution >= 0.6 is 11.6 Å². The summed E-state index contributed by atoms with van der Waals surface area (Å²) in [5.41, 5.74) is 3.96. The van der Waals surface area contributed by atoms with Gasteiger partial charge in [-0.1, -0.05) is 66.2 Å². The first-order chi connectivity index (χ1) is 17.0. The zero-order valence-corrected chi connectivity index (χ0v) is 19.6. The molecule has 0 atom stereocenters. The predicted molar refractivity (Wildman–Crippen MR) is 138 cm³/mol. The minimum atomic E-state index is -0.242. The van der Waals surface area contributed by atoms with Crippen LogP contribution in [0.25, 0.3) is 0 Å². The Labute approximate surface area is 209 Å². The van der Waals surface area contributed by atoms with Crippen molar-refractivity contribution in [2.75, 3.05) is 5.01 Å². The number of hydrogen-bond donors (Lipinski definition) is 3. The van der Waals surface area contributed by atoms with Crippen LogP contribution in [0, 0.1) is 6.07 Å². The van der Waals surface area contributed by atoms with Crippen molar-refractivity contribution in [3.63, 3.8) is 0 Å². The molecule has 0 aliphatic rings. The van der Waals surface area contributed by atoms with Gasteiger partial charge in [0.05, 0.1) is 11.4 Å². The second-order valence-corrected chi connectivity index (χ2v) is 8.23. The number of benzene rings is 4. The van der Waals surface area contributed by atoms with Gasteiger partial charge in [-0.2, -0.15) is 0 Å². The fourth-order valence-electron chi connectivity index (χ4n) is 3.44. The Morgan fingerprint density at radius 3 is 2.26 bits per heavy atom. The minimum Gasteiger partial charge on any atom is -0.348 e. The van der Waals surface area contributed by atoms with E-state index >= 15 is 0 Å². The number of carbonyl (C=O) groups excluding carboxylic acids is 2. The van der Waals surface area contributed by atoms with Gasteiger partial charge >= 0.3 is 0 Å². The predicted octanol–water partition coefficient (Wildman–Crippen LogP) is 5.01. The van der Waals surface area contributed by atoms with Crippen molar-refractivity contribution in [1.29, 1.82) is 0 Å². The number of hydrazine groups is 1. The zero-order valence-electron chi connectivity index (χ0n) is 18.9. The maximum Gasteiger partial charge on any atom is 0.251 e. The number of carbonyl (C=O) groups is 2. The van der Waals surface area contributed by atoms with Crippen LogP contribution in [0.4, 0.5) is 11.4 Å². The normalized spacial score (nSPS) is 10.5. The van der Waals surface area contributed by atoms with Crippen LogP contribution in [0.2, 0.25) is 5.02 Å². The Kier molecular flexibility index (Phi) is 7.77. The number of anilines is 2. The first-order valence-electron chi connectivity index (χ1n) is 11.0. The maximum atomic E-state index is 12.6. The van der Waals surface area contributed by atoms with Crippen molar-refractivity contribution in [2.24, 2.45) is 5.84 Å². The first kappa shape index (κ1) is 24.0. The molecular weight excluding hydrogens is 460 g/mol. The third-order valence-electron chi connectivity index (χ3n) is 5.40. The molecule has 175 valence electrons. The van der Waals surface area contributed by atoms with Crippen LogP contribution in [-0.4, -0.2) is 11.8 Å². The van der Waals surface area contributed by atoms with E-state index in [1.807, 2.05) is 48.5 Å². The molecule has 4 aromatic rings. The molecule has 35 heavy (non-hydrogen) atoms. The molecule has 0 bridgehead atoms. The van der Waals surface area contributed by atoms with Gasteiger partial charge in [-0.25, -0.2) is 5.84 Å². The molecule has 4 N–H and O–H groups in total. The highest BCUT2D eigenvalue weighted by Gasteiger charge is 2.12. The highest BCUT2D eigenvalue weighted by Crippen LogP contribution is 2.23. The molecule has 4 aromatic carbocycles. The van der Waals surface area contributed by atoms with E-state index in [1.54, 1.807) is 48.5 Å². The van der Waals surface area contributed by atoms with Gasteiger partial charge in [-0.05, 0) is 53.6 Å². The summed E-state index contributed by atoms with van der Waals surface area (Å²) in [4.78, 5) is 25.1. The van der Waals surface area contributed by atoms with Crippen LogP contribution in [0.15, 0.2) is 97.1 Å². The smallest absolute Gasteiger partial charge is 0.251 e. The summed E-state index contributed by atoms with van der Waals surface area (Å²) in [6, 6.07) is 32.0. The lowest BCUT2D eigenvalue weighted by atomic mass is 10.1. The van der Waals surface area contributed by atoms with E-state index in [2.05, 4.69) is 16.7 Å². The molecule has 2 amide bonds. The molecule has 0 spiro atoms. The molecule has 0 aliphatic heterocycles. The molecule has 4 rings (SSSR count). The highest BCUT2D eigenvalue weighted by molar-refractivity contribution is 6.31. The van der Waals surface area contributed by atoms with Crippen LogP contribution < -0.4 is 21.5 Å². The summed E-state index contributed by atoms with van der Waals surface area (Å²) < 4.78 is 0. The first-order valence-corrected chi connectivity index (χ1v) is 11.4. The van der Waals surface area contributed by atoms with E-state index in [1.165, 1.54) is 5.01 Å². The Morgan fingerprint density at radius 2 is 1.51 bits per heavy atom. The summed E-state index contributed by atoms with van der Waals surface area (Å²) in [5.74, 6) is 5.85. The Morgan fingerprint density at radius 1 is 0.800 bits per heavy atom. The summed E-state index contributed by atoms with van der Waals surface area (Å²) in [5, 5.41) is 7.77. The molecule has 0 saturated heterocycles. The topological polar surface area (TPSA) is 87.5 Å². The molecular formula is C28H24ClN4O2. The van der Waals surface area contributed by atoms with Gasteiger partial charge in [-0.3, -0.25) is 14.6 Å². The van der Waals surface area contributed by atoms with Gasteiger partial charge in [0.2, 0.25) is 0 Å². The molecule has 7 heteroatoms. The van der Waals surface area contributed by atoms with Gasteiger partial charge in [0.1, 0.15) is 0 Å². The molecule has 0 aromatic heterocycles. The van der Waals surface area contributed by atoms with Crippen molar-refractivity contribution < 1.29 is 9.59 Å². The van der Waals surface area contributed by atoms with Gasteiger partial charge < -0.3 is 10.6 Å². The molecule has 6 nitrogen and oxygen atoms in total. The van der Waals surface area contributed by atoms with Gasteiger partial charge in [0, 0.05) is 35.3 Å². The average molecular weight is 484 g/mol. The lowest BCUT2D eigenvalue weighted by molar-refractivity contribution is 0.0943. The standard InChI is InChI=1S/C28H24ClN4O2/c29-26-12-5-4-9-23(26)19-32-27(34)21-13-15-24(16-14-21)33(30)25-11-6-10-22(17-25)28(35)31-18-20-7-2-1-3-8-20/h1-15,17H,18-19,30H2,(H,31,35)(H,32,34). The number of amides is 2. The van der Waals surface area contributed by atoms with Crippen molar-refractivity contribution in [3.05, 3.63) is 130 Å². The lowest BCUT2D eigenvalue weighted by Crippen LogP contribution is -2.27. The number of nitrogens with zero attached hydrogens (tertiary/aromatic N) is 1. The average Bonchev–Trinajstić information content (AvgIpc) is 2.91. The third-order valence-corrected chi connectivity index (χ3v) is 5.77. The molecule has 0 saturated carbocycles. The monoisotopic (exact) mass is 483 g/mol. The van der Waals surface area contributed by atoms with Crippen LogP contribution in [0.1, 0.15) is 31.8 Å². The number of halogens is 1. The lowest BCUT2D eigenvalue weighted by Gasteiger charge is -2.19. The molecule has 0 unspecified atom stereocenters. The quantitative estimate of drug-likeness (QED) is 0.243. The Bertz CT molecular complexity index is 1310. The van der Waals surface area contributed by atoms with E-state index in [4.69, 9.17) is 17.4 Å². The molecule has 0 fully saturated rings. The molecule has 0 heterocycles. The van der Waals surface area contributed by atoms with Gasteiger partial charge in [0.15, 0.2) is 0 Å². The maximum absolute atomic E-state index is 12.6. The second kappa shape index (κ2) is 11.3. The SMILES string of the molecule is NN(c1[c]cc(C(=O)NCc2ccccc2Cl)cc1)c1cccc(C(=O)NCc2ccccc2)c1. The summed E-state index contributed by atoms with van der Waals surface area (Å²) in [6.45, 7) is 0.756. The fraction of sp³-hybridized carbons (Fsp3) is 0.0714. The number of nitrogens with one attached hydrogen (secondary N) is 2. The number of rotatable bonds is 8. The fourth-order valence-corrected chi connectivity index (χ4v) is 3.65. The number of hydrogen-bond acceptors (Lipinski definition) is 4. The zero-order chi connectivity index (χ0) is 24.6. The largest absolute Gasteiger partial charge is 0.348 e. The summed E-state index contributed by atoms with van der Waals surface area (Å²) in [6.07, 6.45) is 0. The van der Waals surface area contributed by atoms with Crippen LogP contribution in [0.5, 0.6) is 0 Å². The van der Waals surface area contributed by atoms with Gasteiger partial charge in [0.25, 0.3) is 11.8 Å². The van der Waals surface area contributed by atoms with Crippen molar-refractivity contribution in [3.8, 4) is 0 Å². The van der Waals surface area contributed by atoms with E-state index in [0.29, 0.717) is 40.6 Å². The summed E-state index contributed by atoms with van der Waals surface area (Å²) >= 11 is 6.14. The Hall–Kier alpha value is -4.13. The highest BCUT2D eigenvalue weighted by atomic mass is 35.5. The van der Waals surface area contributed by atoms with Crippen molar-refractivity contribution in [2.45, 2.75) is 13.1 Å². The third kappa shape index (κ3) is 6.26. The van der Waals surface area contributed by atoms with E-state index in [-0.39, 0.29) is 11.8 Å². The van der Waals surface area contributed by atoms with Crippen LogP contribution in [-0.2, 0) is 13.1 Å². The van der Waals surface area contributed by atoms with Gasteiger partial charge in [-0.15, -0.1) is 0 Å². The van der Waals surface area contributed by atoms with E-state index in [9.17, 15) is 9.59 Å². The second-order valence-electron chi connectivity index (χ2n) is 7.83. The van der Waals surface area contributed by atoms with E-state index < -0.39 is 0 Å². The van der Waals surface area contributed by atoms with E-state index in [0.717, 1.165) is 11.1 Å². The minimum absolute atomic E-state index is 0.196. The number of nitrogens with two attached hydrogens (primary N) is 1. The molecule has 0 aliphatic carbocycles. The summed E-state index contributed by atoms with van der Waals surface area (Å²) in [7, 11) is 0. The van der Waals surface area contributed by atoms with Crippen molar-refractivity contribution in [1.82, 2.24) is 10.6 Å². The Balaban J connectivity index is 1.38.